The number of alkyl halides is 3. The van der Waals surface area contributed by atoms with Crippen LogP contribution in [0.2, 0.25) is 0 Å². The molecule has 9 heteroatoms. The van der Waals surface area contributed by atoms with E-state index >= 15 is 0 Å². The molecule has 0 unspecified atom stereocenters. The number of benzene rings is 2. The maximum atomic E-state index is 12.9. The van der Waals surface area contributed by atoms with Gasteiger partial charge in [-0.2, -0.15) is 13.2 Å². The van der Waals surface area contributed by atoms with Crippen LogP contribution < -0.4 is 9.47 Å². The Hall–Kier alpha value is -3.23. The molecule has 0 bridgehead atoms. The first-order valence-electron chi connectivity index (χ1n) is 10.2. The topological polar surface area (TPSA) is 59.1 Å². The SMILES string of the molecule is COc1ccc(CCC(=O)N2CCN(C(=O)c3cccc(C(F)(F)F)c3)CC2)cc1OC. The molecule has 2 aromatic rings. The number of carbonyl (C=O) groups excluding carboxylic acids is 2. The molecule has 32 heavy (non-hydrogen) atoms. The predicted molar refractivity (Wildman–Crippen MR) is 112 cm³/mol. The fourth-order valence-electron chi connectivity index (χ4n) is 3.62. The van der Waals surface area contributed by atoms with Gasteiger partial charge in [0.2, 0.25) is 5.91 Å². The minimum absolute atomic E-state index is 0.00643. The number of carbonyl (C=O) groups is 2. The van der Waals surface area contributed by atoms with Gasteiger partial charge in [0.05, 0.1) is 19.8 Å². The maximum Gasteiger partial charge on any atom is 0.416 e. The van der Waals surface area contributed by atoms with Gasteiger partial charge in [-0.15, -0.1) is 0 Å². The molecule has 2 aromatic carbocycles. The zero-order valence-electron chi connectivity index (χ0n) is 17.9. The van der Waals surface area contributed by atoms with Gasteiger partial charge in [-0.3, -0.25) is 9.59 Å². The van der Waals surface area contributed by atoms with Gasteiger partial charge < -0.3 is 19.3 Å². The first-order chi connectivity index (χ1) is 15.2. The van der Waals surface area contributed by atoms with Crippen LogP contribution in [-0.4, -0.2) is 62.0 Å². The minimum Gasteiger partial charge on any atom is -0.493 e. The Morgan fingerprint density at radius 3 is 2.19 bits per heavy atom. The zero-order chi connectivity index (χ0) is 23.3. The summed E-state index contributed by atoms with van der Waals surface area (Å²) in [5, 5.41) is 0. The quantitative estimate of drug-likeness (QED) is 0.674. The third kappa shape index (κ3) is 5.52. The lowest BCUT2D eigenvalue weighted by Gasteiger charge is -2.35. The molecule has 2 amide bonds. The molecule has 0 aliphatic carbocycles. The fraction of sp³-hybridized carbons (Fsp3) is 0.391. The Labute approximate surface area is 184 Å². The van der Waals surface area contributed by atoms with Crippen LogP contribution in [0.4, 0.5) is 13.2 Å². The van der Waals surface area contributed by atoms with Crippen LogP contribution in [0.3, 0.4) is 0 Å². The van der Waals surface area contributed by atoms with Gasteiger partial charge in [-0.25, -0.2) is 0 Å². The summed E-state index contributed by atoms with van der Waals surface area (Å²) in [6.07, 6.45) is -3.67. The van der Waals surface area contributed by atoms with Crippen molar-refractivity contribution in [3.63, 3.8) is 0 Å². The lowest BCUT2D eigenvalue weighted by molar-refractivity contribution is -0.137. The zero-order valence-corrected chi connectivity index (χ0v) is 17.9. The van der Waals surface area contributed by atoms with Crippen LogP contribution in [0.1, 0.15) is 27.9 Å². The number of rotatable bonds is 6. The van der Waals surface area contributed by atoms with Gasteiger partial charge in [0.1, 0.15) is 0 Å². The molecule has 0 saturated carbocycles. The monoisotopic (exact) mass is 450 g/mol. The van der Waals surface area contributed by atoms with E-state index in [0.717, 1.165) is 17.7 Å². The second-order valence-electron chi connectivity index (χ2n) is 7.44. The van der Waals surface area contributed by atoms with Crippen LogP contribution >= 0.6 is 0 Å². The number of halogens is 3. The van der Waals surface area contributed by atoms with Crippen molar-refractivity contribution in [3.8, 4) is 11.5 Å². The van der Waals surface area contributed by atoms with Crippen molar-refractivity contribution in [1.29, 1.82) is 0 Å². The number of methoxy groups -OCH3 is 2. The van der Waals surface area contributed by atoms with Crippen molar-refractivity contribution in [2.75, 3.05) is 40.4 Å². The average Bonchev–Trinajstić information content (AvgIpc) is 2.81. The summed E-state index contributed by atoms with van der Waals surface area (Å²) in [6, 6.07) is 9.89. The molecule has 1 saturated heterocycles. The molecule has 1 aliphatic rings. The Balaban J connectivity index is 1.53. The fourth-order valence-corrected chi connectivity index (χ4v) is 3.62. The van der Waals surface area contributed by atoms with Crippen LogP contribution in [0.5, 0.6) is 11.5 Å². The minimum atomic E-state index is -4.50. The van der Waals surface area contributed by atoms with E-state index in [2.05, 4.69) is 0 Å². The summed E-state index contributed by atoms with van der Waals surface area (Å²) in [6.45, 7) is 1.24. The number of piperazine rings is 1. The number of aryl methyl sites for hydroxylation is 1. The van der Waals surface area contributed by atoms with E-state index in [9.17, 15) is 22.8 Å². The smallest absolute Gasteiger partial charge is 0.416 e. The normalized spacial score (nSPS) is 14.3. The van der Waals surface area contributed by atoms with Crippen molar-refractivity contribution < 1.29 is 32.2 Å². The molecular formula is C23H25F3N2O4. The molecule has 0 N–H and O–H groups in total. The van der Waals surface area contributed by atoms with E-state index in [4.69, 9.17) is 9.47 Å². The second-order valence-corrected chi connectivity index (χ2v) is 7.44. The molecule has 1 aliphatic heterocycles. The summed E-state index contributed by atoms with van der Waals surface area (Å²) >= 11 is 0. The molecule has 0 atom stereocenters. The highest BCUT2D eigenvalue weighted by atomic mass is 19.4. The third-order valence-electron chi connectivity index (χ3n) is 5.43. The predicted octanol–water partition coefficient (Wildman–Crippen LogP) is 3.64. The van der Waals surface area contributed by atoms with Crippen molar-refractivity contribution in [2.45, 2.75) is 19.0 Å². The van der Waals surface area contributed by atoms with E-state index in [0.29, 0.717) is 37.4 Å². The maximum absolute atomic E-state index is 12.9. The lowest BCUT2D eigenvalue weighted by Crippen LogP contribution is -2.50. The highest BCUT2D eigenvalue weighted by Gasteiger charge is 2.32. The van der Waals surface area contributed by atoms with Gasteiger partial charge in [-0.05, 0) is 42.3 Å². The molecule has 0 radical (unpaired) electrons. The Kier molecular flexibility index (Phi) is 7.27. The molecule has 6 nitrogen and oxygen atoms in total. The van der Waals surface area contributed by atoms with Crippen LogP contribution in [0.25, 0.3) is 0 Å². The van der Waals surface area contributed by atoms with Crippen LogP contribution in [0, 0.1) is 0 Å². The number of hydrogen-bond acceptors (Lipinski definition) is 4. The molecule has 0 aromatic heterocycles. The van der Waals surface area contributed by atoms with Crippen LogP contribution in [-0.2, 0) is 17.4 Å². The second kappa shape index (κ2) is 9.93. The first-order valence-corrected chi connectivity index (χ1v) is 10.2. The number of ether oxygens (including phenoxy) is 2. The Bertz CT molecular complexity index is 970. The molecule has 172 valence electrons. The number of amides is 2. The molecule has 0 spiro atoms. The van der Waals surface area contributed by atoms with Gasteiger partial charge in [0.25, 0.3) is 5.91 Å². The molecule has 1 heterocycles. The first kappa shape index (κ1) is 23.4. The van der Waals surface area contributed by atoms with Gasteiger partial charge >= 0.3 is 6.18 Å². The Morgan fingerprint density at radius 2 is 1.56 bits per heavy atom. The molecular weight excluding hydrogens is 425 g/mol. The summed E-state index contributed by atoms with van der Waals surface area (Å²) in [5.41, 5.74) is 0.0785. The number of hydrogen-bond donors (Lipinski definition) is 0. The van der Waals surface area contributed by atoms with E-state index in [-0.39, 0.29) is 24.6 Å². The van der Waals surface area contributed by atoms with E-state index < -0.39 is 17.6 Å². The largest absolute Gasteiger partial charge is 0.493 e. The molecule has 3 rings (SSSR count). The van der Waals surface area contributed by atoms with Crippen molar-refractivity contribution in [3.05, 3.63) is 59.2 Å². The van der Waals surface area contributed by atoms with E-state index in [1.165, 1.54) is 17.0 Å². The summed E-state index contributed by atoms with van der Waals surface area (Å²) in [5.74, 6) is 0.711. The van der Waals surface area contributed by atoms with Gasteiger partial charge in [-0.1, -0.05) is 12.1 Å². The third-order valence-corrected chi connectivity index (χ3v) is 5.43. The van der Waals surface area contributed by atoms with Gasteiger partial charge in [0, 0.05) is 38.2 Å². The lowest BCUT2D eigenvalue weighted by atomic mass is 10.1. The van der Waals surface area contributed by atoms with Gasteiger partial charge in [0.15, 0.2) is 11.5 Å². The highest BCUT2D eigenvalue weighted by molar-refractivity contribution is 5.94. The van der Waals surface area contributed by atoms with E-state index in [1.54, 1.807) is 25.2 Å². The van der Waals surface area contributed by atoms with Crippen molar-refractivity contribution >= 4 is 11.8 Å². The van der Waals surface area contributed by atoms with Crippen molar-refractivity contribution in [2.24, 2.45) is 0 Å². The summed E-state index contributed by atoms with van der Waals surface area (Å²) in [4.78, 5) is 28.4. The Morgan fingerprint density at radius 1 is 0.906 bits per heavy atom. The summed E-state index contributed by atoms with van der Waals surface area (Å²) < 4.78 is 49.2. The molecule has 1 fully saturated rings. The van der Waals surface area contributed by atoms with E-state index in [1.807, 2.05) is 12.1 Å². The van der Waals surface area contributed by atoms with Crippen LogP contribution in [0.15, 0.2) is 42.5 Å². The highest BCUT2D eigenvalue weighted by Crippen LogP contribution is 2.30. The van der Waals surface area contributed by atoms with Crippen molar-refractivity contribution in [1.82, 2.24) is 9.80 Å². The standard InChI is InChI=1S/C23H25F3N2O4/c1-31-19-8-6-16(14-20(19)32-2)7-9-21(29)27-10-12-28(13-11-27)22(30)17-4-3-5-18(15-17)23(24,25)26/h3-6,8,14-15H,7,9-13H2,1-2H3. The summed E-state index contributed by atoms with van der Waals surface area (Å²) in [7, 11) is 3.10. The average molecular weight is 450 g/mol. The number of nitrogens with zero attached hydrogens (tertiary/aromatic N) is 2.